The zero-order valence-corrected chi connectivity index (χ0v) is 24.5. The number of carbonyl (C=O) groups excluding carboxylic acids is 3. The molecule has 9 heteroatoms. The summed E-state index contributed by atoms with van der Waals surface area (Å²) in [5, 5.41) is 8.32. The predicted octanol–water partition coefficient (Wildman–Crippen LogP) is 5.03. The number of thiophene rings is 1. The van der Waals surface area contributed by atoms with E-state index in [1.165, 1.54) is 11.3 Å². The molecule has 2 aromatic carbocycles. The molecule has 2 aliphatic rings. The fourth-order valence-corrected chi connectivity index (χ4v) is 7.20. The number of thioether (sulfide) groups is 1. The van der Waals surface area contributed by atoms with E-state index in [0.29, 0.717) is 38.3 Å². The van der Waals surface area contributed by atoms with Crippen molar-refractivity contribution in [3.63, 3.8) is 0 Å². The van der Waals surface area contributed by atoms with E-state index in [2.05, 4.69) is 10.6 Å². The minimum atomic E-state index is -0.816. The fraction of sp³-hybridized carbons (Fsp3) is 0.387. The van der Waals surface area contributed by atoms with Crippen molar-refractivity contribution in [1.82, 2.24) is 20.4 Å². The lowest BCUT2D eigenvalue weighted by atomic mass is 9.77. The number of likely N-dealkylation sites (tertiary alicyclic amines) is 1. The summed E-state index contributed by atoms with van der Waals surface area (Å²) in [7, 11) is 0. The largest absolute Gasteiger partial charge is 0.338 e. The maximum absolute atomic E-state index is 14.6. The number of rotatable bonds is 8. The third-order valence-corrected chi connectivity index (χ3v) is 9.49. The van der Waals surface area contributed by atoms with Crippen LogP contribution in [-0.2, 0) is 4.79 Å². The molecule has 5 rings (SSSR count). The summed E-state index contributed by atoms with van der Waals surface area (Å²) in [5.74, 6) is -1.29. The maximum atomic E-state index is 14.6. The molecule has 3 aromatic rings. The maximum Gasteiger partial charge on any atom is 0.318 e. The molecule has 0 radical (unpaired) electrons. The summed E-state index contributed by atoms with van der Waals surface area (Å²) in [5.41, 5.74) is 1.48. The standard InChI is InChI=1S/C31H36N4O3S2/c1-3-15-33-31(38)35-27(24-10-7-20-40-24)26(29(36)22-11-13-23(39-2)14-12-22)25(21-8-5-4-6-9-21)28(35)30(37)34-18-16-32-17-19-34/h4-14,20,25-28,32H,3,15-19H2,1-2H3,(H,33,38). The Morgan fingerprint density at radius 3 is 2.35 bits per heavy atom. The molecule has 4 atom stereocenters. The van der Waals surface area contributed by atoms with Gasteiger partial charge in [-0.05, 0) is 41.8 Å². The monoisotopic (exact) mass is 576 g/mol. The Kier molecular flexibility index (Phi) is 9.24. The minimum absolute atomic E-state index is 0.0520. The molecule has 2 N–H and O–H groups in total. The van der Waals surface area contributed by atoms with Crippen LogP contribution in [0, 0.1) is 5.92 Å². The first-order valence-electron chi connectivity index (χ1n) is 13.9. The number of nitrogens with zero attached hydrogens (tertiary/aromatic N) is 2. The first kappa shape index (κ1) is 28.4. The zero-order valence-electron chi connectivity index (χ0n) is 22.9. The number of benzene rings is 2. The molecule has 7 nitrogen and oxygen atoms in total. The highest BCUT2D eigenvalue weighted by atomic mass is 32.2. The minimum Gasteiger partial charge on any atom is -0.338 e. The van der Waals surface area contributed by atoms with E-state index in [0.717, 1.165) is 21.8 Å². The van der Waals surface area contributed by atoms with Crippen LogP contribution in [0.1, 0.15) is 46.1 Å². The van der Waals surface area contributed by atoms with Crippen molar-refractivity contribution >= 4 is 40.8 Å². The van der Waals surface area contributed by atoms with E-state index in [1.807, 2.05) is 90.2 Å². The molecule has 40 heavy (non-hydrogen) atoms. The number of urea groups is 1. The molecule has 3 heterocycles. The van der Waals surface area contributed by atoms with Gasteiger partial charge in [0.05, 0.1) is 12.0 Å². The number of hydrogen-bond acceptors (Lipinski definition) is 6. The lowest BCUT2D eigenvalue weighted by molar-refractivity contribution is -0.136. The summed E-state index contributed by atoms with van der Waals surface area (Å²) < 4.78 is 0. The molecule has 2 fully saturated rings. The molecule has 0 aliphatic carbocycles. The van der Waals surface area contributed by atoms with Gasteiger partial charge >= 0.3 is 6.03 Å². The number of carbonyl (C=O) groups is 3. The average molecular weight is 577 g/mol. The highest BCUT2D eigenvalue weighted by molar-refractivity contribution is 7.98. The van der Waals surface area contributed by atoms with Crippen molar-refractivity contribution in [2.45, 2.75) is 36.2 Å². The van der Waals surface area contributed by atoms with E-state index < -0.39 is 23.9 Å². The summed E-state index contributed by atoms with van der Waals surface area (Å²) in [6, 6.07) is 19.7. The van der Waals surface area contributed by atoms with Crippen LogP contribution in [0.3, 0.4) is 0 Å². The van der Waals surface area contributed by atoms with Crippen LogP contribution in [0.25, 0.3) is 0 Å². The smallest absolute Gasteiger partial charge is 0.318 e. The van der Waals surface area contributed by atoms with Gasteiger partial charge in [-0.15, -0.1) is 23.1 Å². The molecular formula is C31H36N4O3S2. The third kappa shape index (κ3) is 5.68. The van der Waals surface area contributed by atoms with Crippen molar-refractivity contribution < 1.29 is 14.4 Å². The number of ketones is 1. The van der Waals surface area contributed by atoms with Crippen molar-refractivity contribution in [1.29, 1.82) is 0 Å². The normalized spacial score (nSPS) is 22.8. The Balaban J connectivity index is 1.69. The first-order valence-corrected chi connectivity index (χ1v) is 16.0. The highest BCUT2D eigenvalue weighted by Crippen LogP contribution is 2.52. The van der Waals surface area contributed by atoms with Crippen molar-refractivity contribution in [2.24, 2.45) is 5.92 Å². The second-order valence-electron chi connectivity index (χ2n) is 10.2. The van der Waals surface area contributed by atoms with E-state index in [4.69, 9.17) is 0 Å². The van der Waals surface area contributed by atoms with Crippen molar-refractivity contribution in [3.8, 4) is 0 Å². The molecular weight excluding hydrogens is 541 g/mol. The summed E-state index contributed by atoms with van der Waals surface area (Å²) in [4.78, 5) is 48.5. The van der Waals surface area contributed by atoms with Crippen LogP contribution in [-0.4, -0.2) is 72.5 Å². The van der Waals surface area contributed by atoms with E-state index in [9.17, 15) is 14.4 Å². The highest BCUT2D eigenvalue weighted by Gasteiger charge is 2.58. The topological polar surface area (TPSA) is 81.8 Å². The number of Topliss-reactive ketones (excluding diaryl/α,β-unsaturated/α-hetero) is 1. The Labute approximate surface area is 244 Å². The van der Waals surface area contributed by atoms with E-state index >= 15 is 0 Å². The van der Waals surface area contributed by atoms with Crippen LogP contribution in [0.15, 0.2) is 77.0 Å². The van der Waals surface area contributed by atoms with Gasteiger partial charge < -0.3 is 20.4 Å². The molecule has 0 spiro atoms. The van der Waals surface area contributed by atoms with Crippen LogP contribution in [0.2, 0.25) is 0 Å². The lowest BCUT2D eigenvalue weighted by Gasteiger charge is -2.36. The summed E-state index contributed by atoms with van der Waals surface area (Å²) in [6.07, 6.45) is 2.77. The van der Waals surface area contributed by atoms with Crippen molar-refractivity contribution in [2.75, 3.05) is 39.0 Å². The first-order chi connectivity index (χ1) is 19.5. The van der Waals surface area contributed by atoms with Gasteiger partial charge in [0.15, 0.2) is 5.78 Å². The second-order valence-corrected chi connectivity index (χ2v) is 12.0. The van der Waals surface area contributed by atoms with Crippen LogP contribution in [0.4, 0.5) is 4.79 Å². The SMILES string of the molecule is CCCNC(=O)N1C(C(=O)N2CCNCC2)C(c2ccccc2)C(C(=O)c2ccc(SC)cc2)C1c1cccs1. The second kappa shape index (κ2) is 13.0. The van der Waals surface area contributed by atoms with Gasteiger partial charge in [-0.25, -0.2) is 4.79 Å². The Hall–Kier alpha value is -3.14. The van der Waals surface area contributed by atoms with Gasteiger partial charge in [0, 0.05) is 54.0 Å². The lowest BCUT2D eigenvalue weighted by Crippen LogP contribution is -2.56. The number of nitrogens with one attached hydrogen (secondary N) is 2. The van der Waals surface area contributed by atoms with Gasteiger partial charge in [0.1, 0.15) is 6.04 Å². The third-order valence-electron chi connectivity index (χ3n) is 7.81. The Morgan fingerprint density at radius 1 is 1.00 bits per heavy atom. The Morgan fingerprint density at radius 2 is 1.73 bits per heavy atom. The van der Waals surface area contributed by atoms with Gasteiger partial charge in [0.2, 0.25) is 5.91 Å². The molecule has 1 aromatic heterocycles. The van der Waals surface area contributed by atoms with Gasteiger partial charge in [0.25, 0.3) is 0 Å². The Bertz CT molecular complexity index is 1290. The molecule has 2 saturated heterocycles. The average Bonchev–Trinajstić information content (AvgIpc) is 3.66. The van der Waals surface area contributed by atoms with Crippen LogP contribution >= 0.6 is 23.1 Å². The summed E-state index contributed by atoms with van der Waals surface area (Å²) in [6.45, 7) is 5.04. The quantitative estimate of drug-likeness (QED) is 0.291. The molecule has 4 unspecified atom stereocenters. The van der Waals surface area contributed by atoms with Crippen molar-refractivity contribution in [3.05, 3.63) is 88.1 Å². The van der Waals surface area contributed by atoms with E-state index in [-0.39, 0.29) is 17.7 Å². The summed E-state index contributed by atoms with van der Waals surface area (Å²) >= 11 is 3.15. The molecule has 3 amide bonds. The van der Waals surface area contributed by atoms with E-state index in [1.54, 1.807) is 16.7 Å². The molecule has 0 bridgehead atoms. The molecule has 210 valence electrons. The van der Waals surface area contributed by atoms with Gasteiger partial charge in [-0.1, -0.05) is 55.5 Å². The van der Waals surface area contributed by atoms with Crippen LogP contribution < -0.4 is 10.6 Å². The fourth-order valence-electron chi connectivity index (χ4n) is 5.93. The van der Waals surface area contributed by atoms with Crippen LogP contribution in [0.5, 0.6) is 0 Å². The van der Waals surface area contributed by atoms with Gasteiger partial charge in [-0.2, -0.15) is 0 Å². The molecule has 2 aliphatic heterocycles. The molecule has 0 saturated carbocycles. The zero-order chi connectivity index (χ0) is 28.1. The number of amides is 3. The van der Waals surface area contributed by atoms with Gasteiger partial charge in [-0.3, -0.25) is 9.59 Å². The predicted molar refractivity (Wildman–Crippen MR) is 161 cm³/mol. The number of hydrogen-bond donors (Lipinski definition) is 2. The number of piperazine rings is 1.